The van der Waals surface area contributed by atoms with Gasteiger partial charge in [-0.2, -0.15) is 0 Å². The van der Waals surface area contributed by atoms with E-state index in [1.807, 2.05) is 17.8 Å². The number of nitrogens with zero attached hydrogens (tertiary/aromatic N) is 2. The van der Waals surface area contributed by atoms with Crippen LogP contribution >= 0.6 is 0 Å². The predicted octanol–water partition coefficient (Wildman–Crippen LogP) is 1.14. The van der Waals surface area contributed by atoms with Gasteiger partial charge in [0.25, 0.3) is 0 Å². The minimum absolute atomic E-state index is 0.0957. The van der Waals surface area contributed by atoms with Crippen LogP contribution in [0.3, 0.4) is 0 Å². The average molecular weight is 307 g/mol. The summed E-state index contributed by atoms with van der Waals surface area (Å²) in [5, 5.41) is 0. The maximum absolute atomic E-state index is 12.1. The van der Waals surface area contributed by atoms with Crippen LogP contribution in [0.15, 0.2) is 41.6 Å². The smallest absolute Gasteiger partial charge is 0.240 e. The van der Waals surface area contributed by atoms with Crippen molar-refractivity contribution in [3.63, 3.8) is 0 Å². The quantitative estimate of drug-likeness (QED) is 0.812. The van der Waals surface area contributed by atoms with Gasteiger partial charge in [-0.15, -0.1) is 0 Å². The number of benzene rings is 1. The molecule has 0 spiro atoms. The second kappa shape index (κ2) is 6.19. The highest BCUT2D eigenvalue weighted by Crippen LogP contribution is 2.11. The van der Waals surface area contributed by atoms with Gasteiger partial charge in [0.1, 0.15) is 5.82 Å². The van der Waals surface area contributed by atoms with E-state index in [1.165, 1.54) is 31.2 Å². The molecule has 0 atom stereocenters. The van der Waals surface area contributed by atoms with Crippen LogP contribution in [-0.2, 0) is 23.5 Å². The van der Waals surface area contributed by atoms with Crippen LogP contribution in [0.4, 0.5) is 0 Å². The fourth-order valence-corrected chi connectivity index (χ4v) is 2.92. The highest BCUT2D eigenvalue weighted by molar-refractivity contribution is 7.89. The number of Topliss-reactive ketones (excluding diaryl/α,β-unsaturated/α-hetero) is 1. The monoisotopic (exact) mass is 307 g/mol. The van der Waals surface area contributed by atoms with Crippen LogP contribution < -0.4 is 4.72 Å². The summed E-state index contributed by atoms with van der Waals surface area (Å²) in [6.07, 6.45) is 3.99. The standard InChI is InChI=1S/C14H17N3O3S/c1-11(18)12-3-5-13(6-4-12)21(19,20)16-8-7-14-15-9-10-17(14)2/h3-6,9-10,16H,7-8H2,1-2H3. The first-order chi connectivity index (χ1) is 9.90. The lowest BCUT2D eigenvalue weighted by Gasteiger charge is -2.07. The third-order valence-electron chi connectivity index (χ3n) is 3.13. The summed E-state index contributed by atoms with van der Waals surface area (Å²) < 4.78 is 28.6. The van der Waals surface area contributed by atoms with Crippen molar-refractivity contribution in [3.8, 4) is 0 Å². The van der Waals surface area contributed by atoms with E-state index in [-0.39, 0.29) is 17.2 Å². The zero-order valence-electron chi connectivity index (χ0n) is 11.9. The Labute approximate surface area is 123 Å². The second-order valence-electron chi connectivity index (χ2n) is 4.68. The van der Waals surface area contributed by atoms with Crippen molar-refractivity contribution < 1.29 is 13.2 Å². The van der Waals surface area contributed by atoms with Crippen LogP contribution in [0.25, 0.3) is 0 Å². The number of sulfonamides is 1. The Morgan fingerprint density at radius 3 is 2.48 bits per heavy atom. The number of imidazole rings is 1. The summed E-state index contributed by atoms with van der Waals surface area (Å²) in [5.41, 5.74) is 0.488. The molecule has 0 aliphatic heterocycles. The van der Waals surface area contributed by atoms with Gasteiger partial charge in [0, 0.05) is 38.0 Å². The predicted molar refractivity (Wildman–Crippen MR) is 78.5 cm³/mol. The molecule has 0 unspecified atom stereocenters. The zero-order chi connectivity index (χ0) is 15.5. The summed E-state index contributed by atoms with van der Waals surface area (Å²) in [5.74, 6) is 0.714. The average Bonchev–Trinajstić information content (AvgIpc) is 2.84. The van der Waals surface area contributed by atoms with Gasteiger partial charge in [0.2, 0.25) is 10.0 Å². The van der Waals surface area contributed by atoms with E-state index in [9.17, 15) is 13.2 Å². The molecule has 21 heavy (non-hydrogen) atoms. The molecule has 1 N–H and O–H groups in total. The summed E-state index contributed by atoms with van der Waals surface area (Å²) in [6, 6.07) is 5.88. The molecule has 0 radical (unpaired) electrons. The molecule has 0 amide bonds. The molecule has 1 aromatic heterocycles. The van der Waals surface area contributed by atoms with E-state index < -0.39 is 10.0 Å². The van der Waals surface area contributed by atoms with Gasteiger partial charge in [0.05, 0.1) is 4.90 Å². The van der Waals surface area contributed by atoms with Crippen molar-refractivity contribution in [1.82, 2.24) is 14.3 Å². The third-order valence-corrected chi connectivity index (χ3v) is 4.61. The molecule has 0 bridgehead atoms. The number of hydrogen-bond donors (Lipinski definition) is 1. The molecule has 6 nitrogen and oxygen atoms in total. The number of rotatable bonds is 6. The second-order valence-corrected chi connectivity index (χ2v) is 6.45. The van der Waals surface area contributed by atoms with Crippen LogP contribution in [0.5, 0.6) is 0 Å². The van der Waals surface area contributed by atoms with E-state index in [0.717, 1.165) is 5.82 Å². The topological polar surface area (TPSA) is 81.1 Å². The Kier molecular flexibility index (Phi) is 4.54. The normalized spacial score (nSPS) is 11.5. The van der Waals surface area contributed by atoms with Gasteiger partial charge < -0.3 is 4.57 Å². The number of hydrogen-bond acceptors (Lipinski definition) is 4. The summed E-state index contributed by atoms with van der Waals surface area (Å²) in [7, 11) is -1.71. The van der Waals surface area contributed by atoms with E-state index in [0.29, 0.717) is 12.0 Å². The van der Waals surface area contributed by atoms with Gasteiger partial charge in [-0.05, 0) is 19.1 Å². The van der Waals surface area contributed by atoms with Crippen LogP contribution in [0.2, 0.25) is 0 Å². The molecular weight excluding hydrogens is 290 g/mol. The Balaban J connectivity index is 2.01. The highest BCUT2D eigenvalue weighted by atomic mass is 32.2. The molecule has 112 valence electrons. The lowest BCUT2D eigenvalue weighted by atomic mass is 10.2. The van der Waals surface area contributed by atoms with Crippen molar-refractivity contribution in [2.24, 2.45) is 7.05 Å². The molecule has 0 fully saturated rings. The molecular formula is C14H17N3O3S. The lowest BCUT2D eigenvalue weighted by Crippen LogP contribution is -2.26. The lowest BCUT2D eigenvalue weighted by molar-refractivity contribution is 0.101. The first-order valence-electron chi connectivity index (χ1n) is 6.47. The Bertz CT molecular complexity index is 733. The van der Waals surface area contributed by atoms with Gasteiger partial charge in [-0.3, -0.25) is 4.79 Å². The van der Waals surface area contributed by atoms with E-state index in [4.69, 9.17) is 0 Å². The van der Waals surface area contributed by atoms with Crippen LogP contribution in [0.1, 0.15) is 23.1 Å². The number of nitrogens with one attached hydrogen (secondary N) is 1. The molecule has 2 rings (SSSR count). The molecule has 0 saturated heterocycles. The van der Waals surface area contributed by atoms with Gasteiger partial charge >= 0.3 is 0 Å². The van der Waals surface area contributed by atoms with E-state index in [2.05, 4.69) is 9.71 Å². The molecule has 7 heteroatoms. The van der Waals surface area contributed by atoms with Crippen molar-refractivity contribution in [1.29, 1.82) is 0 Å². The van der Waals surface area contributed by atoms with Gasteiger partial charge in [0.15, 0.2) is 5.78 Å². The number of carbonyl (C=O) groups excluding carboxylic acids is 1. The fourth-order valence-electron chi connectivity index (χ4n) is 1.89. The van der Waals surface area contributed by atoms with Crippen LogP contribution in [-0.4, -0.2) is 30.3 Å². The minimum atomic E-state index is -3.57. The Morgan fingerprint density at radius 1 is 1.29 bits per heavy atom. The number of aromatic nitrogens is 2. The fraction of sp³-hybridized carbons (Fsp3) is 0.286. The summed E-state index contributed by atoms with van der Waals surface area (Å²) in [4.78, 5) is 15.4. The van der Waals surface area contributed by atoms with Crippen LogP contribution in [0, 0.1) is 0 Å². The molecule has 0 aliphatic rings. The summed E-state index contributed by atoms with van der Waals surface area (Å²) >= 11 is 0. The highest BCUT2D eigenvalue weighted by Gasteiger charge is 2.14. The number of carbonyl (C=O) groups is 1. The molecule has 0 aliphatic carbocycles. The zero-order valence-corrected chi connectivity index (χ0v) is 12.7. The van der Waals surface area contributed by atoms with Crippen molar-refractivity contribution in [3.05, 3.63) is 48.0 Å². The van der Waals surface area contributed by atoms with Gasteiger partial charge in [-0.1, -0.05) is 12.1 Å². The third kappa shape index (κ3) is 3.77. The summed E-state index contributed by atoms with van der Waals surface area (Å²) in [6.45, 7) is 1.70. The van der Waals surface area contributed by atoms with Crippen molar-refractivity contribution in [2.45, 2.75) is 18.2 Å². The molecule has 0 saturated carbocycles. The SMILES string of the molecule is CC(=O)c1ccc(S(=O)(=O)NCCc2nccn2C)cc1. The maximum atomic E-state index is 12.1. The molecule has 1 aromatic carbocycles. The Hall–Kier alpha value is -1.99. The van der Waals surface area contributed by atoms with E-state index >= 15 is 0 Å². The number of aryl methyl sites for hydroxylation is 1. The number of ketones is 1. The first-order valence-corrected chi connectivity index (χ1v) is 7.95. The van der Waals surface area contributed by atoms with E-state index in [1.54, 1.807) is 6.20 Å². The maximum Gasteiger partial charge on any atom is 0.240 e. The molecule has 1 heterocycles. The Morgan fingerprint density at radius 2 is 1.95 bits per heavy atom. The minimum Gasteiger partial charge on any atom is -0.338 e. The van der Waals surface area contributed by atoms with Crippen molar-refractivity contribution in [2.75, 3.05) is 6.54 Å². The largest absolute Gasteiger partial charge is 0.338 e. The van der Waals surface area contributed by atoms with Gasteiger partial charge in [-0.25, -0.2) is 18.1 Å². The first kappa shape index (κ1) is 15.4. The van der Waals surface area contributed by atoms with Crippen molar-refractivity contribution >= 4 is 15.8 Å². The molecule has 2 aromatic rings.